The molecule has 1 rings (SSSR count). The van der Waals surface area contributed by atoms with Gasteiger partial charge in [-0.3, -0.25) is 4.79 Å². The van der Waals surface area contributed by atoms with Crippen LogP contribution in [-0.2, 0) is 11.2 Å². The summed E-state index contributed by atoms with van der Waals surface area (Å²) < 4.78 is 0.961. The number of carbonyl (C=O) groups is 1. The average Bonchev–Trinajstić information content (AvgIpc) is 2.26. The van der Waals surface area contributed by atoms with Crippen LogP contribution < -0.4 is 5.32 Å². The number of carbonyl (C=O) groups excluding carboxylic acids is 1. The van der Waals surface area contributed by atoms with Crippen molar-refractivity contribution in [1.82, 2.24) is 5.32 Å². The van der Waals surface area contributed by atoms with E-state index in [9.17, 15) is 4.79 Å². The van der Waals surface area contributed by atoms with Crippen LogP contribution >= 0.6 is 15.9 Å². The molecule has 3 nitrogen and oxygen atoms in total. The zero-order chi connectivity index (χ0) is 12.0. The predicted octanol–water partition coefficient (Wildman–Crippen LogP) is 2.27. The standard InChI is InChI=1S/C12H13BrN2O/c1-9(7-14)8-15-12(16)6-10-3-2-4-11(13)5-10/h2-5,9H,6,8H2,1H3,(H,15,16). The maximum atomic E-state index is 11.5. The topological polar surface area (TPSA) is 52.9 Å². The number of nitrogens with one attached hydrogen (secondary N) is 1. The molecule has 1 N–H and O–H groups in total. The Balaban J connectivity index is 2.43. The van der Waals surface area contributed by atoms with Crippen molar-refractivity contribution in [3.05, 3.63) is 34.3 Å². The summed E-state index contributed by atoms with van der Waals surface area (Å²) in [6.07, 6.45) is 0.345. The van der Waals surface area contributed by atoms with Gasteiger partial charge in [-0.2, -0.15) is 5.26 Å². The van der Waals surface area contributed by atoms with E-state index in [4.69, 9.17) is 5.26 Å². The van der Waals surface area contributed by atoms with Crippen molar-refractivity contribution < 1.29 is 4.79 Å². The highest BCUT2D eigenvalue weighted by Crippen LogP contribution is 2.11. The third-order valence-corrected chi connectivity index (χ3v) is 2.57. The van der Waals surface area contributed by atoms with Gasteiger partial charge in [0.15, 0.2) is 0 Å². The monoisotopic (exact) mass is 280 g/mol. The van der Waals surface area contributed by atoms with Crippen molar-refractivity contribution in [2.75, 3.05) is 6.54 Å². The molecule has 0 aromatic heterocycles. The van der Waals surface area contributed by atoms with Crippen LogP contribution in [0.25, 0.3) is 0 Å². The van der Waals surface area contributed by atoms with Crippen LogP contribution in [0.2, 0.25) is 0 Å². The van der Waals surface area contributed by atoms with E-state index in [1.165, 1.54) is 0 Å². The highest BCUT2D eigenvalue weighted by atomic mass is 79.9. The Hall–Kier alpha value is -1.34. The van der Waals surface area contributed by atoms with Crippen LogP contribution in [0.1, 0.15) is 12.5 Å². The largest absolute Gasteiger partial charge is 0.355 e. The molecule has 0 bridgehead atoms. The summed E-state index contributed by atoms with van der Waals surface area (Å²) in [6, 6.07) is 9.69. The van der Waals surface area contributed by atoms with Crippen LogP contribution in [0, 0.1) is 17.2 Å². The lowest BCUT2D eigenvalue weighted by Crippen LogP contribution is -2.29. The Kier molecular flexibility index (Phi) is 5.00. The fourth-order valence-electron chi connectivity index (χ4n) is 1.21. The van der Waals surface area contributed by atoms with Crippen molar-refractivity contribution >= 4 is 21.8 Å². The maximum absolute atomic E-state index is 11.5. The molecule has 1 aromatic rings. The molecule has 1 aromatic carbocycles. The first-order valence-electron chi connectivity index (χ1n) is 5.02. The number of hydrogen-bond donors (Lipinski definition) is 1. The lowest BCUT2D eigenvalue weighted by Gasteiger charge is -2.06. The zero-order valence-electron chi connectivity index (χ0n) is 9.03. The molecule has 1 amide bonds. The van der Waals surface area contributed by atoms with Gasteiger partial charge in [-0.05, 0) is 24.6 Å². The van der Waals surface area contributed by atoms with E-state index in [-0.39, 0.29) is 11.8 Å². The summed E-state index contributed by atoms with van der Waals surface area (Å²) in [5.74, 6) is -0.202. The van der Waals surface area contributed by atoms with Crippen molar-refractivity contribution in [2.24, 2.45) is 5.92 Å². The molecule has 0 heterocycles. The second-order valence-electron chi connectivity index (χ2n) is 3.64. The van der Waals surface area contributed by atoms with Gasteiger partial charge in [0.2, 0.25) is 5.91 Å². The van der Waals surface area contributed by atoms with Gasteiger partial charge < -0.3 is 5.32 Å². The maximum Gasteiger partial charge on any atom is 0.224 e. The number of benzene rings is 1. The Morgan fingerprint density at radius 2 is 2.38 bits per heavy atom. The van der Waals surface area contributed by atoms with Crippen LogP contribution in [-0.4, -0.2) is 12.5 Å². The van der Waals surface area contributed by atoms with Gasteiger partial charge in [-0.1, -0.05) is 28.1 Å². The zero-order valence-corrected chi connectivity index (χ0v) is 10.6. The predicted molar refractivity (Wildman–Crippen MR) is 65.6 cm³/mol. The number of hydrogen-bond acceptors (Lipinski definition) is 2. The van der Waals surface area contributed by atoms with E-state index in [1.54, 1.807) is 6.92 Å². The summed E-state index contributed by atoms with van der Waals surface area (Å²) in [5, 5.41) is 11.3. The molecule has 4 heteroatoms. The lowest BCUT2D eigenvalue weighted by atomic mass is 10.1. The van der Waals surface area contributed by atoms with E-state index in [0.29, 0.717) is 13.0 Å². The molecule has 0 saturated heterocycles. The third-order valence-electron chi connectivity index (χ3n) is 2.08. The molecule has 0 spiro atoms. The molecule has 1 atom stereocenters. The average molecular weight is 281 g/mol. The normalized spacial score (nSPS) is 11.6. The second-order valence-corrected chi connectivity index (χ2v) is 4.56. The molecule has 0 radical (unpaired) electrons. The molecule has 84 valence electrons. The molecular formula is C12H13BrN2O. The van der Waals surface area contributed by atoms with E-state index in [0.717, 1.165) is 10.0 Å². The first-order valence-corrected chi connectivity index (χ1v) is 5.82. The van der Waals surface area contributed by atoms with Crippen LogP contribution in [0.4, 0.5) is 0 Å². The van der Waals surface area contributed by atoms with Gasteiger partial charge in [0.05, 0.1) is 18.4 Å². The molecule has 0 fully saturated rings. The lowest BCUT2D eigenvalue weighted by molar-refractivity contribution is -0.120. The number of rotatable bonds is 4. The van der Waals surface area contributed by atoms with Gasteiger partial charge in [-0.25, -0.2) is 0 Å². The number of nitriles is 1. The number of nitrogens with zero attached hydrogens (tertiary/aromatic N) is 1. The van der Waals surface area contributed by atoms with E-state index < -0.39 is 0 Å². The van der Waals surface area contributed by atoms with Gasteiger partial charge in [-0.15, -0.1) is 0 Å². The Morgan fingerprint density at radius 1 is 1.62 bits per heavy atom. The quantitative estimate of drug-likeness (QED) is 0.920. The fourth-order valence-corrected chi connectivity index (χ4v) is 1.65. The first kappa shape index (κ1) is 12.7. The molecule has 0 aliphatic heterocycles. The summed E-state index contributed by atoms with van der Waals surface area (Å²) >= 11 is 3.35. The highest BCUT2D eigenvalue weighted by Gasteiger charge is 2.05. The Morgan fingerprint density at radius 3 is 3.00 bits per heavy atom. The van der Waals surface area contributed by atoms with Crippen molar-refractivity contribution in [3.8, 4) is 6.07 Å². The van der Waals surface area contributed by atoms with Crippen LogP contribution in [0.3, 0.4) is 0 Å². The minimum absolute atomic E-state index is 0.0554. The van der Waals surface area contributed by atoms with Crippen LogP contribution in [0.15, 0.2) is 28.7 Å². The molecular weight excluding hydrogens is 268 g/mol. The molecule has 0 aliphatic rings. The van der Waals surface area contributed by atoms with Crippen molar-refractivity contribution in [3.63, 3.8) is 0 Å². The van der Waals surface area contributed by atoms with Crippen molar-refractivity contribution in [1.29, 1.82) is 5.26 Å². The smallest absolute Gasteiger partial charge is 0.224 e. The number of amides is 1. The second kappa shape index (κ2) is 6.29. The molecule has 0 saturated carbocycles. The highest BCUT2D eigenvalue weighted by molar-refractivity contribution is 9.10. The van der Waals surface area contributed by atoms with Gasteiger partial charge >= 0.3 is 0 Å². The Bertz CT molecular complexity index is 412. The summed E-state index contributed by atoms with van der Waals surface area (Å²) in [5.41, 5.74) is 0.955. The number of halogens is 1. The summed E-state index contributed by atoms with van der Waals surface area (Å²) in [4.78, 5) is 11.5. The fraction of sp³-hybridized carbons (Fsp3) is 0.333. The van der Waals surface area contributed by atoms with Gasteiger partial charge in [0.25, 0.3) is 0 Å². The third kappa shape index (κ3) is 4.45. The van der Waals surface area contributed by atoms with E-state index in [1.807, 2.05) is 24.3 Å². The molecule has 0 aliphatic carbocycles. The molecule has 1 unspecified atom stereocenters. The summed E-state index contributed by atoms with van der Waals surface area (Å²) in [6.45, 7) is 2.18. The van der Waals surface area contributed by atoms with Crippen LogP contribution in [0.5, 0.6) is 0 Å². The minimum atomic E-state index is -0.147. The van der Waals surface area contributed by atoms with Gasteiger partial charge in [0.1, 0.15) is 0 Å². The van der Waals surface area contributed by atoms with Crippen molar-refractivity contribution in [2.45, 2.75) is 13.3 Å². The Labute approximate surface area is 104 Å². The van der Waals surface area contributed by atoms with Gasteiger partial charge in [0, 0.05) is 11.0 Å². The van der Waals surface area contributed by atoms with E-state index >= 15 is 0 Å². The minimum Gasteiger partial charge on any atom is -0.355 e. The summed E-state index contributed by atoms with van der Waals surface area (Å²) in [7, 11) is 0. The SMILES string of the molecule is CC(C#N)CNC(=O)Cc1cccc(Br)c1. The molecule has 16 heavy (non-hydrogen) atoms. The first-order chi connectivity index (χ1) is 7.61. The van der Waals surface area contributed by atoms with E-state index in [2.05, 4.69) is 27.3 Å².